The lowest BCUT2D eigenvalue weighted by molar-refractivity contribution is 0.171. The van der Waals surface area contributed by atoms with Gasteiger partial charge in [0.2, 0.25) is 0 Å². The van der Waals surface area contributed by atoms with Crippen molar-refractivity contribution in [3.05, 3.63) is 44.1 Å². The minimum atomic E-state index is -0.657. The van der Waals surface area contributed by atoms with E-state index in [4.69, 9.17) is 4.74 Å². The van der Waals surface area contributed by atoms with Crippen LogP contribution < -0.4 is 4.74 Å². The van der Waals surface area contributed by atoms with E-state index in [0.29, 0.717) is 12.2 Å². The highest BCUT2D eigenvalue weighted by molar-refractivity contribution is 9.10. The third-order valence-corrected chi connectivity index (χ3v) is 4.92. The van der Waals surface area contributed by atoms with Gasteiger partial charge in [-0.15, -0.1) is 0 Å². The summed E-state index contributed by atoms with van der Waals surface area (Å²) < 4.78 is 9.12. The van der Waals surface area contributed by atoms with E-state index in [0.717, 1.165) is 32.4 Å². The molecule has 1 N–H and O–H groups in total. The largest absolute Gasteiger partial charge is 0.496 e. The monoisotopic (exact) mass is 416 g/mol. The van der Waals surface area contributed by atoms with Gasteiger partial charge in [-0.2, -0.15) is 5.10 Å². The first-order chi connectivity index (χ1) is 9.97. The van der Waals surface area contributed by atoms with Crippen LogP contribution in [-0.4, -0.2) is 22.0 Å². The van der Waals surface area contributed by atoms with Gasteiger partial charge in [-0.3, -0.25) is 4.68 Å². The molecule has 6 heteroatoms. The SMILES string of the molecule is CCn1nc(C)c(Br)c1CC(O)c1cc(Br)ccc1OC. The summed E-state index contributed by atoms with van der Waals surface area (Å²) in [6.45, 7) is 4.75. The van der Waals surface area contributed by atoms with Crippen molar-refractivity contribution in [2.24, 2.45) is 0 Å². The molecule has 0 amide bonds. The van der Waals surface area contributed by atoms with Crippen molar-refractivity contribution in [1.82, 2.24) is 9.78 Å². The average molecular weight is 418 g/mol. The van der Waals surface area contributed by atoms with Crippen molar-refractivity contribution >= 4 is 31.9 Å². The number of hydrogen-bond donors (Lipinski definition) is 1. The van der Waals surface area contributed by atoms with Crippen molar-refractivity contribution in [3.8, 4) is 5.75 Å². The van der Waals surface area contributed by atoms with Crippen LogP contribution in [0.3, 0.4) is 0 Å². The third-order valence-electron chi connectivity index (χ3n) is 3.39. The topological polar surface area (TPSA) is 47.3 Å². The molecule has 0 aliphatic heterocycles. The molecule has 2 aromatic rings. The predicted octanol–water partition coefficient (Wildman–Crippen LogP) is 4.02. The third kappa shape index (κ3) is 3.49. The maximum absolute atomic E-state index is 10.6. The predicted molar refractivity (Wildman–Crippen MR) is 89.7 cm³/mol. The molecule has 1 aromatic carbocycles. The number of aromatic nitrogens is 2. The van der Waals surface area contributed by atoms with Crippen LogP contribution in [0.5, 0.6) is 5.75 Å². The van der Waals surface area contributed by atoms with Crippen molar-refractivity contribution in [3.63, 3.8) is 0 Å². The van der Waals surface area contributed by atoms with Crippen LogP contribution >= 0.6 is 31.9 Å². The number of nitrogens with zero attached hydrogens (tertiary/aromatic N) is 2. The van der Waals surface area contributed by atoms with Gasteiger partial charge in [0.1, 0.15) is 5.75 Å². The summed E-state index contributed by atoms with van der Waals surface area (Å²) in [7, 11) is 1.61. The molecule has 0 fully saturated rings. The lowest BCUT2D eigenvalue weighted by atomic mass is 10.0. The van der Waals surface area contributed by atoms with Gasteiger partial charge in [0.25, 0.3) is 0 Å². The van der Waals surface area contributed by atoms with Crippen LogP contribution in [0.15, 0.2) is 27.1 Å². The summed E-state index contributed by atoms with van der Waals surface area (Å²) in [6.07, 6.45) is -0.183. The molecule has 21 heavy (non-hydrogen) atoms. The molecule has 4 nitrogen and oxygen atoms in total. The van der Waals surface area contributed by atoms with Gasteiger partial charge in [-0.25, -0.2) is 0 Å². The van der Waals surface area contributed by atoms with E-state index in [1.165, 1.54) is 0 Å². The van der Waals surface area contributed by atoms with Crippen molar-refractivity contribution in [2.45, 2.75) is 32.9 Å². The van der Waals surface area contributed by atoms with Crippen molar-refractivity contribution in [2.75, 3.05) is 7.11 Å². The molecule has 114 valence electrons. The number of aliphatic hydroxyl groups excluding tert-OH is 1. The van der Waals surface area contributed by atoms with E-state index in [1.807, 2.05) is 36.7 Å². The summed E-state index contributed by atoms with van der Waals surface area (Å²) in [5.74, 6) is 0.682. The Bertz CT molecular complexity index is 641. The molecule has 2 rings (SSSR count). The number of benzene rings is 1. The number of halogens is 2. The van der Waals surface area contributed by atoms with Crippen LogP contribution in [0.2, 0.25) is 0 Å². The number of aryl methyl sites for hydroxylation is 2. The van der Waals surface area contributed by atoms with Gasteiger partial charge in [-0.05, 0) is 48.0 Å². The normalized spacial score (nSPS) is 12.5. The maximum atomic E-state index is 10.6. The lowest BCUT2D eigenvalue weighted by Crippen LogP contribution is -2.10. The highest BCUT2D eigenvalue weighted by atomic mass is 79.9. The molecule has 1 heterocycles. The van der Waals surface area contributed by atoms with Gasteiger partial charge in [-0.1, -0.05) is 15.9 Å². The van der Waals surface area contributed by atoms with Crippen LogP contribution in [0.1, 0.15) is 30.0 Å². The molecule has 0 aliphatic rings. The summed E-state index contributed by atoms with van der Waals surface area (Å²) >= 11 is 6.99. The van der Waals surface area contributed by atoms with Crippen LogP contribution in [0.4, 0.5) is 0 Å². The second kappa shape index (κ2) is 6.94. The molecular formula is C15H18Br2N2O2. The van der Waals surface area contributed by atoms with Crippen LogP contribution in [0, 0.1) is 6.92 Å². The maximum Gasteiger partial charge on any atom is 0.124 e. The zero-order valence-electron chi connectivity index (χ0n) is 12.2. The van der Waals surface area contributed by atoms with E-state index in [1.54, 1.807) is 7.11 Å². The number of rotatable bonds is 5. The highest BCUT2D eigenvalue weighted by Gasteiger charge is 2.20. The average Bonchev–Trinajstić information content (AvgIpc) is 2.74. The first-order valence-corrected chi connectivity index (χ1v) is 8.29. The minimum Gasteiger partial charge on any atom is -0.496 e. The van der Waals surface area contributed by atoms with Crippen molar-refractivity contribution in [1.29, 1.82) is 0 Å². The van der Waals surface area contributed by atoms with Gasteiger partial charge < -0.3 is 9.84 Å². The van der Waals surface area contributed by atoms with E-state index in [9.17, 15) is 5.11 Å². The van der Waals surface area contributed by atoms with E-state index < -0.39 is 6.10 Å². The first-order valence-electron chi connectivity index (χ1n) is 6.71. The Morgan fingerprint density at radius 3 is 2.71 bits per heavy atom. The summed E-state index contributed by atoms with van der Waals surface area (Å²) in [5.41, 5.74) is 2.69. The minimum absolute atomic E-state index is 0.474. The second-order valence-electron chi connectivity index (χ2n) is 4.77. The zero-order chi connectivity index (χ0) is 15.6. The van der Waals surface area contributed by atoms with Gasteiger partial charge in [0.05, 0.1) is 29.1 Å². The van der Waals surface area contributed by atoms with Crippen molar-refractivity contribution < 1.29 is 9.84 Å². The molecule has 1 unspecified atom stereocenters. The van der Waals surface area contributed by atoms with Gasteiger partial charge in [0, 0.05) is 23.0 Å². The first kappa shape index (κ1) is 16.5. The fourth-order valence-electron chi connectivity index (χ4n) is 2.32. The van der Waals surface area contributed by atoms with Crippen LogP contribution in [0.25, 0.3) is 0 Å². The summed E-state index contributed by atoms with van der Waals surface area (Å²) in [6, 6.07) is 5.63. The molecule has 0 aliphatic carbocycles. The standard InChI is InChI=1S/C15H18Br2N2O2/c1-4-19-12(15(17)9(2)18-19)8-13(20)11-7-10(16)5-6-14(11)21-3/h5-7,13,20H,4,8H2,1-3H3. The summed E-state index contributed by atoms with van der Waals surface area (Å²) in [4.78, 5) is 0. The Labute approximate surface area is 141 Å². The Balaban J connectivity index is 2.34. The fraction of sp³-hybridized carbons (Fsp3) is 0.400. The smallest absolute Gasteiger partial charge is 0.124 e. The molecule has 0 saturated carbocycles. The Morgan fingerprint density at radius 1 is 1.38 bits per heavy atom. The number of hydrogen-bond acceptors (Lipinski definition) is 3. The Morgan fingerprint density at radius 2 is 2.10 bits per heavy atom. The number of methoxy groups -OCH3 is 1. The van der Waals surface area contributed by atoms with E-state index >= 15 is 0 Å². The molecule has 0 saturated heterocycles. The molecule has 0 bridgehead atoms. The van der Waals surface area contributed by atoms with Gasteiger partial charge in [0.15, 0.2) is 0 Å². The Kier molecular flexibility index (Phi) is 5.46. The Hall–Kier alpha value is -0.850. The zero-order valence-corrected chi connectivity index (χ0v) is 15.4. The second-order valence-corrected chi connectivity index (χ2v) is 6.48. The number of ether oxygens (including phenoxy) is 1. The van der Waals surface area contributed by atoms with Crippen LogP contribution in [-0.2, 0) is 13.0 Å². The van der Waals surface area contributed by atoms with E-state index in [-0.39, 0.29) is 0 Å². The molecule has 0 spiro atoms. The van der Waals surface area contributed by atoms with E-state index in [2.05, 4.69) is 37.0 Å². The highest BCUT2D eigenvalue weighted by Crippen LogP contribution is 2.32. The molecule has 1 aromatic heterocycles. The molecule has 1 atom stereocenters. The molecule has 0 radical (unpaired) electrons. The fourth-order valence-corrected chi connectivity index (χ4v) is 3.15. The summed E-state index contributed by atoms with van der Waals surface area (Å²) in [5, 5.41) is 15.1. The number of aliphatic hydroxyl groups is 1. The quantitative estimate of drug-likeness (QED) is 0.798. The van der Waals surface area contributed by atoms with Gasteiger partial charge >= 0.3 is 0 Å². The lowest BCUT2D eigenvalue weighted by Gasteiger charge is -2.16. The molecular weight excluding hydrogens is 400 g/mol.